The molecule has 7 nitrogen and oxygen atoms in total. The van der Waals surface area contributed by atoms with Crippen LogP contribution in [0.4, 0.5) is 32.4 Å². The summed E-state index contributed by atoms with van der Waals surface area (Å²) in [4.78, 5) is 15.0. The second-order valence-electron chi connectivity index (χ2n) is 8.80. The molecule has 0 aliphatic carbocycles. The number of urea groups is 1. The Morgan fingerprint density at radius 1 is 1.11 bits per heavy atom. The van der Waals surface area contributed by atoms with E-state index in [-0.39, 0.29) is 5.69 Å². The number of likely N-dealkylation sites (tertiary alicyclic amines) is 1. The molecule has 0 bridgehead atoms. The summed E-state index contributed by atoms with van der Waals surface area (Å²) in [6, 6.07) is 10.3. The number of ether oxygens (including phenoxy) is 1. The number of rotatable bonds is 7. The number of aromatic nitrogens is 2. The topological polar surface area (TPSA) is 71.4 Å². The van der Waals surface area contributed by atoms with E-state index in [4.69, 9.17) is 4.74 Å². The number of benzene rings is 2. The molecule has 2 amide bonds. The molecule has 1 fully saturated rings. The van der Waals surface area contributed by atoms with Crippen molar-refractivity contribution in [1.82, 2.24) is 20.0 Å². The summed E-state index contributed by atoms with van der Waals surface area (Å²) in [5.41, 5.74) is -0.707. The summed E-state index contributed by atoms with van der Waals surface area (Å²) in [6.45, 7) is 1.68. The number of anilines is 1. The van der Waals surface area contributed by atoms with E-state index in [1.54, 1.807) is 37.4 Å². The average molecular weight is 524 g/mol. The van der Waals surface area contributed by atoms with Crippen LogP contribution < -0.4 is 10.6 Å². The van der Waals surface area contributed by atoms with Crippen LogP contribution in [0.25, 0.3) is 11.3 Å². The van der Waals surface area contributed by atoms with E-state index in [9.17, 15) is 26.7 Å². The molecule has 37 heavy (non-hydrogen) atoms. The molecule has 198 valence electrons. The van der Waals surface area contributed by atoms with Crippen LogP contribution in [0.3, 0.4) is 0 Å². The Kier molecular flexibility index (Phi) is 7.79. The van der Waals surface area contributed by atoms with Crippen LogP contribution in [-0.2, 0) is 18.0 Å². The van der Waals surface area contributed by atoms with Crippen LogP contribution in [0.15, 0.2) is 48.5 Å². The number of methoxy groups -OCH3 is 1. The van der Waals surface area contributed by atoms with Crippen LogP contribution in [0.2, 0.25) is 0 Å². The van der Waals surface area contributed by atoms with E-state index >= 15 is 0 Å². The smallest absolute Gasteiger partial charge is 0.383 e. The summed E-state index contributed by atoms with van der Waals surface area (Å²) in [7, 11) is 2.91. The fourth-order valence-corrected chi connectivity index (χ4v) is 4.60. The number of amides is 2. The number of carbonyl (C=O) groups excluding carboxylic acids is 1. The molecule has 4 rings (SSSR count). The van der Waals surface area contributed by atoms with Gasteiger partial charge in [-0.1, -0.05) is 36.4 Å². The van der Waals surface area contributed by atoms with Crippen molar-refractivity contribution >= 4 is 11.7 Å². The molecular formula is C25H26F5N5O2. The highest BCUT2D eigenvalue weighted by molar-refractivity contribution is 5.95. The first-order chi connectivity index (χ1) is 17.6. The van der Waals surface area contributed by atoms with Crippen LogP contribution >= 0.6 is 0 Å². The van der Waals surface area contributed by atoms with E-state index in [1.807, 2.05) is 4.90 Å². The zero-order valence-electron chi connectivity index (χ0n) is 20.1. The van der Waals surface area contributed by atoms with Crippen molar-refractivity contribution in [2.75, 3.05) is 38.7 Å². The molecule has 2 heterocycles. The zero-order chi connectivity index (χ0) is 26.7. The van der Waals surface area contributed by atoms with Gasteiger partial charge in [-0.2, -0.15) is 18.3 Å². The standard InChI is InChI=1S/C25H26F5N5O2/c1-34-22(15-6-4-3-5-7-15)21(23(33-34)25(28,29)30)32-24(36)31-20-14-35(10-11-37-2)13-17(20)16-8-9-18(26)19(27)12-16/h3-9,12,17,20H,10-11,13-14H2,1-2H3,(H2,31,32,36)/t17-,20+/m0/s1. The number of carbonyl (C=O) groups is 1. The Bertz CT molecular complexity index is 1250. The van der Waals surface area contributed by atoms with Gasteiger partial charge >= 0.3 is 12.2 Å². The average Bonchev–Trinajstić information content (AvgIpc) is 3.40. The fourth-order valence-electron chi connectivity index (χ4n) is 4.60. The van der Waals surface area contributed by atoms with Crippen molar-refractivity contribution in [2.24, 2.45) is 7.05 Å². The first-order valence-electron chi connectivity index (χ1n) is 11.5. The van der Waals surface area contributed by atoms with Crippen LogP contribution in [0, 0.1) is 11.6 Å². The molecule has 0 spiro atoms. The summed E-state index contributed by atoms with van der Waals surface area (Å²) in [6.07, 6.45) is -4.81. The lowest BCUT2D eigenvalue weighted by atomic mass is 9.94. The molecule has 2 N–H and O–H groups in total. The van der Waals surface area contributed by atoms with Gasteiger partial charge in [0.25, 0.3) is 0 Å². The Morgan fingerprint density at radius 3 is 2.49 bits per heavy atom. The van der Waals surface area contributed by atoms with E-state index in [0.29, 0.717) is 37.4 Å². The van der Waals surface area contributed by atoms with Crippen molar-refractivity contribution < 1.29 is 31.5 Å². The van der Waals surface area contributed by atoms with E-state index in [1.165, 1.54) is 13.1 Å². The Labute approximate surface area is 210 Å². The van der Waals surface area contributed by atoms with Gasteiger partial charge in [-0.25, -0.2) is 13.6 Å². The van der Waals surface area contributed by atoms with Crippen LogP contribution in [-0.4, -0.2) is 60.1 Å². The second kappa shape index (κ2) is 10.9. The largest absolute Gasteiger partial charge is 0.437 e. The van der Waals surface area contributed by atoms with Gasteiger partial charge < -0.3 is 15.4 Å². The van der Waals surface area contributed by atoms with Gasteiger partial charge in [0, 0.05) is 45.3 Å². The van der Waals surface area contributed by atoms with E-state index in [2.05, 4.69) is 15.7 Å². The molecule has 1 aliphatic rings. The normalized spacial score (nSPS) is 18.2. The Balaban J connectivity index is 1.61. The first-order valence-corrected chi connectivity index (χ1v) is 11.5. The zero-order valence-corrected chi connectivity index (χ0v) is 20.1. The van der Waals surface area contributed by atoms with Gasteiger partial charge in [-0.15, -0.1) is 0 Å². The highest BCUT2D eigenvalue weighted by atomic mass is 19.4. The van der Waals surface area contributed by atoms with Crippen molar-refractivity contribution in [3.05, 3.63) is 71.4 Å². The fraction of sp³-hybridized carbons (Fsp3) is 0.360. The maximum atomic E-state index is 13.9. The van der Waals surface area contributed by atoms with Gasteiger partial charge in [0.15, 0.2) is 17.3 Å². The number of hydrogen-bond donors (Lipinski definition) is 2. The summed E-state index contributed by atoms with van der Waals surface area (Å²) >= 11 is 0. The maximum Gasteiger partial charge on any atom is 0.437 e. The van der Waals surface area contributed by atoms with Crippen molar-refractivity contribution in [1.29, 1.82) is 0 Å². The minimum atomic E-state index is -4.81. The van der Waals surface area contributed by atoms with Gasteiger partial charge in [0.2, 0.25) is 0 Å². The van der Waals surface area contributed by atoms with Gasteiger partial charge in [0.1, 0.15) is 5.69 Å². The van der Waals surface area contributed by atoms with Crippen molar-refractivity contribution in [2.45, 2.75) is 18.1 Å². The maximum absolute atomic E-state index is 13.9. The molecule has 0 unspecified atom stereocenters. The molecule has 2 aromatic carbocycles. The third kappa shape index (κ3) is 5.91. The highest BCUT2D eigenvalue weighted by Gasteiger charge is 2.41. The van der Waals surface area contributed by atoms with Gasteiger partial charge in [-0.05, 0) is 17.7 Å². The monoisotopic (exact) mass is 523 g/mol. The Morgan fingerprint density at radius 2 is 1.84 bits per heavy atom. The quantitative estimate of drug-likeness (QED) is 0.444. The predicted molar refractivity (Wildman–Crippen MR) is 127 cm³/mol. The predicted octanol–water partition coefficient (Wildman–Crippen LogP) is 4.62. The number of hydrogen-bond acceptors (Lipinski definition) is 4. The SMILES string of the molecule is COCCN1C[C@@H](NC(=O)Nc2c(C(F)(F)F)nn(C)c2-c2ccccc2)[C@H](c2ccc(F)c(F)c2)C1. The van der Waals surface area contributed by atoms with Crippen LogP contribution in [0.1, 0.15) is 17.2 Å². The molecule has 1 aromatic heterocycles. The van der Waals surface area contributed by atoms with E-state index in [0.717, 1.165) is 16.8 Å². The van der Waals surface area contributed by atoms with Crippen LogP contribution in [0.5, 0.6) is 0 Å². The molecule has 1 aliphatic heterocycles. The van der Waals surface area contributed by atoms with Gasteiger partial charge in [-0.3, -0.25) is 9.58 Å². The molecular weight excluding hydrogens is 497 g/mol. The van der Waals surface area contributed by atoms with Crippen molar-refractivity contribution in [3.8, 4) is 11.3 Å². The minimum absolute atomic E-state index is 0.0911. The molecule has 3 aromatic rings. The third-order valence-corrected chi connectivity index (χ3v) is 6.30. The number of nitrogens with one attached hydrogen (secondary N) is 2. The number of alkyl halides is 3. The molecule has 2 atom stereocenters. The number of nitrogens with zero attached hydrogens (tertiary/aromatic N) is 3. The summed E-state index contributed by atoms with van der Waals surface area (Å²) < 4.78 is 75.1. The highest BCUT2D eigenvalue weighted by Crippen LogP contribution is 2.40. The van der Waals surface area contributed by atoms with E-state index < -0.39 is 47.2 Å². The third-order valence-electron chi connectivity index (χ3n) is 6.30. The summed E-state index contributed by atoms with van der Waals surface area (Å²) in [5, 5.41) is 8.70. The summed E-state index contributed by atoms with van der Waals surface area (Å²) in [5.74, 6) is -2.44. The first kappa shape index (κ1) is 26.6. The molecule has 12 heteroatoms. The lowest BCUT2D eigenvalue weighted by Gasteiger charge is -2.21. The van der Waals surface area contributed by atoms with Gasteiger partial charge in [0.05, 0.1) is 18.3 Å². The Hall–Kier alpha value is -3.51. The lowest BCUT2D eigenvalue weighted by Crippen LogP contribution is -2.42. The lowest BCUT2D eigenvalue weighted by molar-refractivity contribution is -0.140. The number of aryl methyl sites for hydroxylation is 1. The second-order valence-corrected chi connectivity index (χ2v) is 8.80. The molecule has 1 saturated heterocycles. The molecule has 0 saturated carbocycles. The molecule has 0 radical (unpaired) electrons. The number of halogens is 5. The van der Waals surface area contributed by atoms with Crippen molar-refractivity contribution in [3.63, 3.8) is 0 Å². The minimum Gasteiger partial charge on any atom is -0.383 e.